The van der Waals surface area contributed by atoms with Crippen molar-refractivity contribution in [2.24, 2.45) is 0 Å². The number of carbonyl (C=O) groups is 1. The van der Waals surface area contributed by atoms with Crippen LogP contribution in [-0.4, -0.2) is 27.4 Å². The summed E-state index contributed by atoms with van der Waals surface area (Å²) in [5.41, 5.74) is 2.82. The van der Waals surface area contributed by atoms with Crippen LogP contribution in [-0.2, 0) is 11.2 Å². The number of thioether (sulfide) groups is 1. The molecule has 0 saturated heterocycles. The van der Waals surface area contributed by atoms with E-state index in [0.29, 0.717) is 15.2 Å². The Morgan fingerprint density at radius 1 is 1.29 bits per heavy atom. The molecule has 1 amide bonds. The van der Waals surface area contributed by atoms with Gasteiger partial charge in [-0.2, -0.15) is 0 Å². The van der Waals surface area contributed by atoms with Gasteiger partial charge in [-0.3, -0.25) is 4.79 Å². The molecule has 1 N–H and O–H groups in total. The van der Waals surface area contributed by atoms with Crippen LogP contribution < -0.4 is 10.2 Å². The van der Waals surface area contributed by atoms with E-state index < -0.39 is 0 Å². The van der Waals surface area contributed by atoms with Crippen molar-refractivity contribution in [1.29, 1.82) is 0 Å². The number of para-hydroxylation sites is 1. The number of nitrogens with zero attached hydrogens (tertiary/aromatic N) is 3. The molecule has 144 valence electrons. The second-order valence-corrected chi connectivity index (χ2v) is 9.22. The lowest BCUT2D eigenvalue weighted by atomic mass is 10.1. The first-order valence-corrected chi connectivity index (χ1v) is 10.6. The third kappa shape index (κ3) is 3.88. The van der Waals surface area contributed by atoms with E-state index in [9.17, 15) is 9.18 Å². The fourth-order valence-electron chi connectivity index (χ4n) is 3.30. The zero-order valence-corrected chi connectivity index (χ0v) is 17.1. The lowest BCUT2D eigenvalue weighted by Crippen LogP contribution is -2.40. The van der Waals surface area contributed by atoms with Crippen LogP contribution in [0.15, 0.2) is 52.9 Å². The largest absolute Gasteiger partial charge is 0.330 e. The molecular weight excluding hydrogens is 395 g/mol. The standard InChI is InChI=1S/C20H19FN4OS2/c1-12-10-14-6-3-4-9-17(14)25(12)18(26)13(2)27-20-24-23-19(28-20)22-16-8-5-7-15(21)11-16/h3-9,11-13H,10H2,1-2H3,(H,22,23)/t12-,13+/m1/s1. The van der Waals surface area contributed by atoms with E-state index in [4.69, 9.17) is 0 Å². The molecule has 8 heteroatoms. The fraction of sp³-hybridized carbons (Fsp3) is 0.250. The Kier molecular flexibility index (Phi) is 5.32. The normalized spacial score (nSPS) is 16.7. The average molecular weight is 415 g/mol. The molecule has 0 fully saturated rings. The molecule has 3 aromatic rings. The van der Waals surface area contributed by atoms with Gasteiger partial charge in [-0.15, -0.1) is 10.2 Å². The zero-order chi connectivity index (χ0) is 19.7. The number of hydrogen-bond donors (Lipinski definition) is 1. The van der Waals surface area contributed by atoms with E-state index >= 15 is 0 Å². The number of benzene rings is 2. The van der Waals surface area contributed by atoms with Gasteiger partial charge in [0, 0.05) is 17.4 Å². The van der Waals surface area contributed by atoms with Gasteiger partial charge in [-0.1, -0.05) is 47.4 Å². The third-order valence-electron chi connectivity index (χ3n) is 4.55. The first kappa shape index (κ1) is 18.9. The first-order chi connectivity index (χ1) is 13.5. The minimum Gasteiger partial charge on any atom is -0.330 e. The fourth-order valence-corrected chi connectivity index (χ4v) is 5.26. The molecule has 0 radical (unpaired) electrons. The summed E-state index contributed by atoms with van der Waals surface area (Å²) in [4.78, 5) is 15.0. The second-order valence-electron chi connectivity index (χ2n) is 6.66. The summed E-state index contributed by atoms with van der Waals surface area (Å²) in [5, 5.41) is 11.6. The minimum atomic E-state index is -0.316. The van der Waals surface area contributed by atoms with Gasteiger partial charge in [0.15, 0.2) is 4.34 Å². The Morgan fingerprint density at radius 2 is 2.11 bits per heavy atom. The van der Waals surface area contributed by atoms with Crippen molar-refractivity contribution >= 4 is 45.5 Å². The molecule has 1 aromatic heterocycles. The van der Waals surface area contributed by atoms with Gasteiger partial charge < -0.3 is 10.2 Å². The van der Waals surface area contributed by atoms with Crippen molar-refractivity contribution in [3.63, 3.8) is 0 Å². The van der Waals surface area contributed by atoms with Crippen LogP contribution in [0.4, 0.5) is 20.9 Å². The Labute approximate surface area is 171 Å². The zero-order valence-electron chi connectivity index (χ0n) is 15.4. The molecule has 2 heterocycles. The molecule has 0 unspecified atom stereocenters. The number of fused-ring (bicyclic) bond motifs is 1. The number of hydrogen-bond acceptors (Lipinski definition) is 6. The molecule has 1 aliphatic heterocycles. The minimum absolute atomic E-state index is 0.0669. The van der Waals surface area contributed by atoms with Crippen LogP contribution in [0.3, 0.4) is 0 Å². The summed E-state index contributed by atoms with van der Waals surface area (Å²) >= 11 is 2.73. The number of nitrogens with one attached hydrogen (secondary N) is 1. The number of halogens is 1. The van der Waals surface area contributed by atoms with Crippen molar-refractivity contribution in [3.05, 3.63) is 59.9 Å². The van der Waals surface area contributed by atoms with Crippen LogP contribution >= 0.6 is 23.1 Å². The van der Waals surface area contributed by atoms with Crippen LogP contribution in [0.2, 0.25) is 0 Å². The highest BCUT2D eigenvalue weighted by atomic mass is 32.2. The molecular formula is C20H19FN4OS2. The number of rotatable bonds is 5. The van der Waals surface area contributed by atoms with Gasteiger partial charge in [-0.25, -0.2) is 4.39 Å². The van der Waals surface area contributed by atoms with Gasteiger partial charge in [0.1, 0.15) is 5.82 Å². The lowest BCUT2D eigenvalue weighted by Gasteiger charge is -2.25. The number of aromatic nitrogens is 2. The second kappa shape index (κ2) is 7.89. The number of anilines is 3. The number of carbonyl (C=O) groups excluding carboxylic acids is 1. The molecule has 2 atom stereocenters. The molecule has 0 saturated carbocycles. The van der Waals surface area contributed by atoms with Gasteiger partial charge in [0.25, 0.3) is 0 Å². The van der Waals surface area contributed by atoms with E-state index in [2.05, 4.69) is 28.5 Å². The highest BCUT2D eigenvalue weighted by Gasteiger charge is 2.33. The van der Waals surface area contributed by atoms with Gasteiger partial charge in [-0.05, 0) is 50.1 Å². The molecule has 0 spiro atoms. The summed E-state index contributed by atoms with van der Waals surface area (Å²) in [7, 11) is 0. The van der Waals surface area contributed by atoms with Gasteiger partial charge in [0.2, 0.25) is 11.0 Å². The van der Waals surface area contributed by atoms with Crippen LogP contribution in [0, 0.1) is 5.82 Å². The molecule has 0 bridgehead atoms. The van der Waals surface area contributed by atoms with E-state index in [1.54, 1.807) is 12.1 Å². The Bertz CT molecular complexity index is 1010. The smallest absolute Gasteiger partial charge is 0.240 e. The molecule has 0 aliphatic carbocycles. The molecule has 5 nitrogen and oxygen atoms in total. The maximum Gasteiger partial charge on any atom is 0.240 e. The van der Waals surface area contributed by atoms with E-state index in [1.807, 2.05) is 30.0 Å². The molecule has 2 aromatic carbocycles. The predicted octanol–water partition coefficient (Wildman–Crippen LogP) is 4.88. The Hall–Kier alpha value is -2.45. The van der Waals surface area contributed by atoms with Gasteiger partial charge >= 0.3 is 0 Å². The van der Waals surface area contributed by atoms with Crippen LogP contribution in [0.1, 0.15) is 19.4 Å². The summed E-state index contributed by atoms with van der Waals surface area (Å²) in [6.45, 7) is 3.96. The maximum atomic E-state index is 13.3. The monoisotopic (exact) mass is 414 g/mol. The molecule has 1 aliphatic rings. The van der Waals surface area contributed by atoms with Crippen molar-refractivity contribution < 1.29 is 9.18 Å². The SMILES string of the molecule is C[C@H](Sc1nnc(Nc2cccc(F)c2)s1)C(=O)N1c2ccccc2C[C@H]1C. The molecule has 28 heavy (non-hydrogen) atoms. The summed E-state index contributed by atoms with van der Waals surface area (Å²) < 4.78 is 14.0. The first-order valence-electron chi connectivity index (χ1n) is 8.95. The van der Waals surface area contributed by atoms with Crippen molar-refractivity contribution in [2.45, 2.75) is 35.9 Å². The molecule has 4 rings (SSSR count). The average Bonchev–Trinajstić information content (AvgIpc) is 3.24. The van der Waals surface area contributed by atoms with Gasteiger partial charge in [0.05, 0.1) is 5.25 Å². The van der Waals surface area contributed by atoms with Crippen molar-refractivity contribution in [1.82, 2.24) is 10.2 Å². The highest BCUT2D eigenvalue weighted by molar-refractivity contribution is 8.02. The summed E-state index contributed by atoms with van der Waals surface area (Å²) in [5.74, 6) is -0.249. The van der Waals surface area contributed by atoms with Crippen LogP contribution in [0.25, 0.3) is 0 Å². The van der Waals surface area contributed by atoms with E-state index in [-0.39, 0.29) is 23.0 Å². The summed E-state index contributed by atoms with van der Waals surface area (Å²) in [6, 6.07) is 14.4. The predicted molar refractivity (Wildman–Crippen MR) is 112 cm³/mol. The van der Waals surface area contributed by atoms with Crippen molar-refractivity contribution in [2.75, 3.05) is 10.2 Å². The topological polar surface area (TPSA) is 58.1 Å². The van der Waals surface area contributed by atoms with E-state index in [0.717, 1.165) is 12.1 Å². The third-order valence-corrected chi connectivity index (χ3v) is 6.56. The van der Waals surface area contributed by atoms with Crippen LogP contribution in [0.5, 0.6) is 0 Å². The lowest BCUT2D eigenvalue weighted by molar-refractivity contribution is -0.118. The Balaban J connectivity index is 1.43. The summed E-state index contributed by atoms with van der Waals surface area (Å²) in [6.07, 6.45) is 0.875. The highest BCUT2D eigenvalue weighted by Crippen LogP contribution is 2.36. The quantitative estimate of drug-likeness (QED) is 0.603. The van der Waals surface area contributed by atoms with Crippen molar-refractivity contribution in [3.8, 4) is 0 Å². The number of amides is 1. The Morgan fingerprint density at radius 3 is 2.93 bits per heavy atom. The maximum absolute atomic E-state index is 13.3. The van der Waals surface area contributed by atoms with E-state index in [1.165, 1.54) is 40.8 Å².